The maximum Gasteiger partial charge on any atom is 0.310 e. The van der Waals surface area contributed by atoms with Crippen molar-refractivity contribution in [3.63, 3.8) is 0 Å². The molecule has 1 aromatic heterocycles. The van der Waals surface area contributed by atoms with Gasteiger partial charge in [-0.25, -0.2) is 4.98 Å². The highest BCUT2D eigenvalue weighted by molar-refractivity contribution is 6.35. The van der Waals surface area contributed by atoms with E-state index in [2.05, 4.69) is 4.98 Å². The van der Waals surface area contributed by atoms with E-state index in [0.717, 1.165) is 0 Å². The number of hydrogen-bond donors (Lipinski definition) is 1. The summed E-state index contributed by atoms with van der Waals surface area (Å²) in [6.07, 6.45) is 0. The van der Waals surface area contributed by atoms with E-state index < -0.39 is 11.9 Å². The summed E-state index contributed by atoms with van der Waals surface area (Å²) in [6.45, 7) is 1.63. The summed E-state index contributed by atoms with van der Waals surface area (Å²) >= 11 is 12.0. The van der Waals surface area contributed by atoms with Crippen LogP contribution in [0.15, 0.2) is 40.8 Å². The molecule has 1 heterocycles. The summed E-state index contributed by atoms with van der Waals surface area (Å²) in [6, 6.07) is 10.2. The average Bonchev–Trinajstić information content (AvgIpc) is 2.88. The van der Waals surface area contributed by atoms with Crippen LogP contribution in [-0.4, -0.2) is 16.1 Å². The van der Waals surface area contributed by atoms with E-state index in [1.54, 1.807) is 43.3 Å². The highest BCUT2D eigenvalue weighted by Crippen LogP contribution is 2.30. The van der Waals surface area contributed by atoms with E-state index in [-0.39, 0.29) is 0 Å². The normalized spacial score (nSPS) is 12.5. The number of hydrogen-bond acceptors (Lipinski definition) is 3. The van der Waals surface area contributed by atoms with Gasteiger partial charge in [0.05, 0.1) is 5.92 Å². The predicted octanol–water partition coefficient (Wildman–Crippen LogP) is 4.99. The van der Waals surface area contributed by atoms with Gasteiger partial charge < -0.3 is 9.52 Å². The summed E-state index contributed by atoms with van der Waals surface area (Å²) < 4.78 is 5.68. The molecule has 0 saturated heterocycles. The second-order valence-electron chi connectivity index (χ2n) is 4.96. The molecule has 0 aliphatic carbocycles. The predicted molar refractivity (Wildman–Crippen MR) is 85.5 cm³/mol. The van der Waals surface area contributed by atoms with Crippen molar-refractivity contribution >= 4 is 40.3 Å². The number of carbonyl (C=O) groups is 1. The zero-order valence-electron chi connectivity index (χ0n) is 11.5. The number of aliphatic carboxylic acids is 1. The molecule has 1 unspecified atom stereocenters. The fourth-order valence-corrected chi connectivity index (χ4v) is 2.68. The molecular weight excluding hydrogens is 325 g/mol. The monoisotopic (exact) mass is 335 g/mol. The Morgan fingerprint density at radius 1 is 1.18 bits per heavy atom. The number of halogens is 2. The first kappa shape index (κ1) is 14.9. The van der Waals surface area contributed by atoms with Gasteiger partial charge in [-0.2, -0.15) is 0 Å². The number of benzene rings is 2. The molecular formula is C16H11Cl2NO3. The molecule has 112 valence electrons. The first-order valence-corrected chi connectivity index (χ1v) is 7.29. The quantitative estimate of drug-likeness (QED) is 0.732. The van der Waals surface area contributed by atoms with Gasteiger partial charge in [-0.1, -0.05) is 29.3 Å². The molecule has 3 rings (SSSR count). The Hall–Kier alpha value is -2.04. The van der Waals surface area contributed by atoms with Crippen LogP contribution in [0.3, 0.4) is 0 Å². The lowest BCUT2D eigenvalue weighted by atomic mass is 10.0. The molecule has 1 atom stereocenters. The zero-order chi connectivity index (χ0) is 15.9. The van der Waals surface area contributed by atoms with Crippen molar-refractivity contribution in [3.05, 3.63) is 52.0 Å². The van der Waals surface area contributed by atoms with E-state index in [0.29, 0.717) is 38.2 Å². The molecule has 22 heavy (non-hydrogen) atoms. The van der Waals surface area contributed by atoms with Gasteiger partial charge in [0.2, 0.25) is 5.89 Å². The van der Waals surface area contributed by atoms with Gasteiger partial charge in [-0.05, 0) is 42.8 Å². The van der Waals surface area contributed by atoms with Crippen LogP contribution in [0.25, 0.3) is 22.6 Å². The molecule has 2 aromatic carbocycles. The van der Waals surface area contributed by atoms with Crippen LogP contribution < -0.4 is 0 Å². The van der Waals surface area contributed by atoms with Crippen LogP contribution in [-0.2, 0) is 4.79 Å². The summed E-state index contributed by atoms with van der Waals surface area (Å²) in [4.78, 5) is 15.5. The number of carboxylic acids is 1. The van der Waals surface area contributed by atoms with Gasteiger partial charge in [0.25, 0.3) is 0 Å². The Morgan fingerprint density at radius 3 is 2.50 bits per heavy atom. The standard InChI is InChI=1S/C16H11Cl2NO3/c1-8(16(20)21)9-2-3-14-13(6-9)19-15(22-14)10-4-11(17)7-12(18)5-10/h2-8H,1H3,(H,20,21). The molecule has 4 nitrogen and oxygen atoms in total. The first-order chi connectivity index (χ1) is 10.4. The summed E-state index contributed by atoms with van der Waals surface area (Å²) in [7, 11) is 0. The van der Waals surface area contributed by atoms with Crippen molar-refractivity contribution in [1.29, 1.82) is 0 Å². The van der Waals surface area contributed by atoms with E-state index in [4.69, 9.17) is 32.7 Å². The molecule has 0 spiro atoms. The molecule has 0 saturated carbocycles. The van der Waals surface area contributed by atoms with E-state index in [1.807, 2.05) is 0 Å². The number of oxazole rings is 1. The van der Waals surface area contributed by atoms with Crippen molar-refractivity contribution in [1.82, 2.24) is 4.98 Å². The third kappa shape index (κ3) is 2.80. The summed E-state index contributed by atoms with van der Waals surface area (Å²) in [5.41, 5.74) is 2.51. The molecule has 3 aromatic rings. The van der Waals surface area contributed by atoms with Gasteiger partial charge in [0, 0.05) is 15.6 Å². The molecule has 0 amide bonds. The fraction of sp³-hybridized carbons (Fsp3) is 0.125. The van der Waals surface area contributed by atoms with Crippen LogP contribution in [0.1, 0.15) is 18.4 Å². The lowest BCUT2D eigenvalue weighted by molar-refractivity contribution is -0.138. The zero-order valence-corrected chi connectivity index (χ0v) is 13.0. The van der Waals surface area contributed by atoms with Crippen LogP contribution in [0.4, 0.5) is 0 Å². The maximum absolute atomic E-state index is 11.1. The number of nitrogens with zero attached hydrogens (tertiary/aromatic N) is 1. The minimum atomic E-state index is -0.885. The van der Waals surface area contributed by atoms with Crippen molar-refractivity contribution in [2.24, 2.45) is 0 Å². The SMILES string of the molecule is CC(C(=O)O)c1ccc2oc(-c3cc(Cl)cc(Cl)c3)nc2c1. The maximum atomic E-state index is 11.1. The Kier molecular flexibility index (Phi) is 3.81. The number of rotatable bonds is 3. The molecule has 0 radical (unpaired) electrons. The highest BCUT2D eigenvalue weighted by Gasteiger charge is 2.16. The molecule has 0 aliphatic heterocycles. The summed E-state index contributed by atoms with van der Waals surface area (Å²) in [5, 5.41) is 10.1. The second kappa shape index (κ2) is 5.63. The Labute approximate surface area is 136 Å². The molecule has 0 fully saturated rings. The number of fused-ring (bicyclic) bond motifs is 1. The Bertz CT molecular complexity index is 853. The Balaban J connectivity index is 2.08. The highest BCUT2D eigenvalue weighted by atomic mass is 35.5. The molecule has 6 heteroatoms. The fourth-order valence-electron chi connectivity index (χ4n) is 2.16. The first-order valence-electron chi connectivity index (χ1n) is 6.54. The minimum absolute atomic E-state index is 0.388. The van der Waals surface area contributed by atoms with Gasteiger partial charge in [-0.3, -0.25) is 4.79 Å². The van der Waals surface area contributed by atoms with Crippen LogP contribution in [0, 0.1) is 0 Å². The average molecular weight is 336 g/mol. The van der Waals surface area contributed by atoms with Crippen LogP contribution in [0.2, 0.25) is 10.0 Å². The minimum Gasteiger partial charge on any atom is -0.481 e. The van der Waals surface area contributed by atoms with Crippen molar-refractivity contribution in [3.8, 4) is 11.5 Å². The van der Waals surface area contributed by atoms with Crippen LogP contribution in [0.5, 0.6) is 0 Å². The van der Waals surface area contributed by atoms with Crippen molar-refractivity contribution in [2.45, 2.75) is 12.8 Å². The third-order valence-electron chi connectivity index (χ3n) is 3.39. The van der Waals surface area contributed by atoms with Gasteiger partial charge >= 0.3 is 5.97 Å². The van der Waals surface area contributed by atoms with E-state index in [1.165, 1.54) is 0 Å². The van der Waals surface area contributed by atoms with Crippen molar-refractivity contribution in [2.75, 3.05) is 0 Å². The van der Waals surface area contributed by atoms with Gasteiger partial charge in [-0.15, -0.1) is 0 Å². The number of carboxylic acid groups (broad SMARTS) is 1. The van der Waals surface area contributed by atoms with Gasteiger partial charge in [0.1, 0.15) is 5.52 Å². The Morgan fingerprint density at radius 2 is 1.86 bits per heavy atom. The lowest BCUT2D eigenvalue weighted by Gasteiger charge is -2.04. The van der Waals surface area contributed by atoms with Crippen molar-refractivity contribution < 1.29 is 14.3 Å². The smallest absolute Gasteiger partial charge is 0.310 e. The largest absolute Gasteiger partial charge is 0.481 e. The lowest BCUT2D eigenvalue weighted by Crippen LogP contribution is -2.06. The molecule has 0 aliphatic rings. The van der Waals surface area contributed by atoms with Gasteiger partial charge in [0.15, 0.2) is 5.58 Å². The summed E-state index contributed by atoms with van der Waals surface area (Å²) in [5.74, 6) is -1.10. The van der Waals surface area contributed by atoms with E-state index in [9.17, 15) is 4.79 Å². The van der Waals surface area contributed by atoms with E-state index >= 15 is 0 Å². The second-order valence-corrected chi connectivity index (χ2v) is 5.84. The molecule has 0 bridgehead atoms. The topological polar surface area (TPSA) is 63.3 Å². The third-order valence-corrected chi connectivity index (χ3v) is 3.83. The van der Waals surface area contributed by atoms with Crippen LogP contribution >= 0.6 is 23.2 Å². The number of aromatic nitrogens is 1. The molecule has 1 N–H and O–H groups in total.